The third kappa shape index (κ3) is 5.38. The van der Waals surface area contributed by atoms with Crippen LogP contribution >= 0.6 is 0 Å². The van der Waals surface area contributed by atoms with Crippen LogP contribution in [0.15, 0.2) is 0 Å². The summed E-state index contributed by atoms with van der Waals surface area (Å²) in [6.45, 7) is 15.0. The molecule has 0 aliphatic carbocycles. The van der Waals surface area contributed by atoms with Crippen molar-refractivity contribution in [1.29, 1.82) is 0 Å². The first kappa shape index (κ1) is 16.9. The molecule has 1 rings (SSSR count). The molecular formula is C15H32N2O2. The van der Waals surface area contributed by atoms with E-state index in [4.69, 9.17) is 4.74 Å². The lowest BCUT2D eigenvalue weighted by atomic mass is 9.84. The summed E-state index contributed by atoms with van der Waals surface area (Å²) in [5.74, 6) is 0. The number of morpholine rings is 1. The fourth-order valence-electron chi connectivity index (χ4n) is 2.68. The third-order valence-corrected chi connectivity index (χ3v) is 4.04. The first-order valence-electron chi connectivity index (χ1n) is 7.58. The van der Waals surface area contributed by atoms with Gasteiger partial charge < -0.3 is 15.2 Å². The molecule has 19 heavy (non-hydrogen) atoms. The van der Waals surface area contributed by atoms with E-state index in [1.807, 2.05) is 0 Å². The van der Waals surface area contributed by atoms with Crippen LogP contribution in [0.2, 0.25) is 0 Å². The average Bonchev–Trinajstić information content (AvgIpc) is 2.34. The SMILES string of the molecule is CCNC(CCN1CC(CO)OCC1C)C(C)(C)C. The molecule has 114 valence electrons. The van der Waals surface area contributed by atoms with Gasteiger partial charge in [-0.15, -0.1) is 0 Å². The van der Waals surface area contributed by atoms with Gasteiger partial charge in [-0.25, -0.2) is 0 Å². The Labute approximate surface area is 118 Å². The van der Waals surface area contributed by atoms with Gasteiger partial charge in [-0.2, -0.15) is 0 Å². The summed E-state index contributed by atoms with van der Waals surface area (Å²) in [5, 5.41) is 12.8. The standard InChI is InChI=1S/C15H32N2O2/c1-6-16-14(15(3,4)5)7-8-17-9-13(10-18)19-11-12(17)2/h12-14,16,18H,6-11H2,1-5H3. The lowest BCUT2D eigenvalue weighted by Crippen LogP contribution is -2.51. The van der Waals surface area contributed by atoms with E-state index >= 15 is 0 Å². The van der Waals surface area contributed by atoms with Crippen LogP contribution in [0.5, 0.6) is 0 Å². The summed E-state index contributed by atoms with van der Waals surface area (Å²) in [6.07, 6.45) is 1.13. The van der Waals surface area contributed by atoms with Crippen molar-refractivity contribution in [3.05, 3.63) is 0 Å². The van der Waals surface area contributed by atoms with Crippen LogP contribution in [0.3, 0.4) is 0 Å². The van der Waals surface area contributed by atoms with Crippen LogP contribution in [-0.4, -0.2) is 61.0 Å². The van der Waals surface area contributed by atoms with Gasteiger partial charge >= 0.3 is 0 Å². The number of nitrogens with one attached hydrogen (secondary N) is 1. The molecule has 1 heterocycles. The first-order valence-corrected chi connectivity index (χ1v) is 7.58. The Morgan fingerprint density at radius 3 is 2.63 bits per heavy atom. The Balaban J connectivity index is 2.48. The number of nitrogens with zero attached hydrogens (tertiary/aromatic N) is 1. The van der Waals surface area contributed by atoms with Crippen LogP contribution in [0.1, 0.15) is 41.0 Å². The fraction of sp³-hybridized carbons (Fsp3) is 1.00. The lowest BCUT2D eigenvalue weighted by molar-refractivity contribution is -0.0790. The maximum absolute atomic E-state index is 9.22. The third-order valence-electron chi connectivity index (χ3n) is 4.04. The highest BCUT2D eigenvalue weighted by molar-refractivity contribution is 4.84. The van der Waals surface area contributed by atoms with E-state index in [0.717, 1.165) is 32.7 Å². The Bertz CT molecular complexity index is 253. The molecule has 4 heteroatoms. The normalized spacial score (nSPS) is 27.5. The van der Waals surface area contributed by atoms with Gasteiger partial charge in [0.2, 0.25) is 0 Å². The van der Waals surface area contributed by atoms with Crippen molar-refractivity contribution in [1.82, 2.24) is 10.2 Å². The monoisotopic (exact) mass is 272 g/mol. The fourth-order valence-corrected chi connectivity index (χ4v) is 2.68. The van der Waals surface area contributed by atoms with E-state index in [2.05, 4.69) is 44.8 Å². The molecule has 3 unspecified atom stereocenters. The highest BCUT2D eigenvalue weighted by Gasteiger charge is 2.28. The molecule has 0 radical (unpaired) electrons. The predicted molar refractivity (Wildman–Crippen MR) is 79.4 cm³/mol. The number of ether oxygens (including phenoxy) is 1. The van der Waals surface area contributed by atoms with E-state index in [0.29, 0.717) is 12.1 Å². The second-order valence-electron chi connectivity index (χ2n) is 6.75. The van der Waals surface area contributed by atoms with Crippen molar-refractivity contribution in [2.24, 2.45) is 5.41 Å². The number of aliphatic hydroxyl groups excluding tert-OH is 1. The summed E-state index contributed by atoms with van der Waals surface area (Å²) in [7, 11) is 0. The molecule has 0 spiro atoms. The average molecular weight is 272 g/mol. The van der Waals surface area contributed by atoms with Gasteiger partial charge in [0.25, 0.3) is 0 Å². The minimum Gasteiger partial charge on any atom is -0.394 e. The predicted octanol–water partition coefficient (Wildman–Crippen LogP) is 1.48. The van der Waals surface area contributed by atoms with Gasteiger partial charge in [0.05, 0.1) is 19.3 Å². The highest BCUT2D eigenvalue weighted by Crippen LogP contribution is 2.23. The second kappa shape index (κ2) is 7.58. The van der Waals surface area contributed by atoms with Gasteiger partial charge in [0.1, 0.15) is 0 Å². The molecule has 3 atom stereocenters. The summed E-state index contributed by atoms with van der Waals surface area (Å²) in [4.78, 5) is 2.44. The lowest BCUT2D eigenvalue weighted by Gasteiger charge is -2.39. The smallest absolute Gasteiger partial charge is 0.0933 e. The summed E-state index contributed by atoms with van der Waals surface area (Å²) in [5.41, 5.74) is 0.280. The zero-order valence-corrected chi connectivity index (χ0v) is 13.3. The van der Waals surface area contributed by atoms with Crippen LogP contribution < -0.4 is 5.32 Å². The topological polar surface area (TPSA) is 44.7 Å². The van der Waals surface area contributed by atoms with Gasteiger partial charge in [0, 0.05) is 25.2 Å². The molecule has 1 fully saturated rings. The van der Waals surface area contributed by atoms with E-state index in [9.17, 15) is 5.11 Å². The Morgan fingerprint density at radius 2 is 2.11 bits per heavy atom. The maximum atomic E-state index is 9.22. The molecule has 0 aromatic carbocycles. The largest absolute Gasteiger partial charge is 0.394 e. The number of hydrogen-bond donors (Lipinski definition) is 2. The molecule has 1 aliphatic rings. The van der Waals surface area contributed by atoms with Crippen molar-refractivity contribution in [3.63, 3.8) is 0 Å². The highest BCUT2D eigenvalue weighted by atomic mass is 16.5. The van der Waals surface area contributed by atoms with Crippen molar-refractivity contribution in [2.45, 2.75) is 59.2 Å². The van der Waals surface area contributed by atoms with Gasteiger partial charge in [-0.3, -0.25) is 4.90 Å². The van der Waals surface area contributed by atoms with Crippen molar-refractivity contribution < 1.29 is 9.84 Å². The van der Waals surface area contributed by atoms with Crippen LogP contribution in [0.25, 0.3) is 0 Å². The molecule has 1 saturated heterocycles. The van der Waals surface area contributed by atoms with E-state index in [1.165, 1.54) is 0 Å². The van der Waals surface area contributed by atoms with Crippen LogP contribution in [-0.2, 0) is 4.74 Å². The summed E-state index contributed by atoms with van der Waals surface area (Å²) < 4.78 is 5.58. The Hall–Kier alpha value is -0.160. The molecule has 0 saturated carbocycles. The Kier molecular flexibility index (Phi) is 6.74. The van der Waals surface area contributed by atoms with E-state index < -0.39 is 0 Å². The van der Waals surface area contributed by atoms with Crippen LogP contribution in [0, 0.1) is 5.41 Å². The number of aliphatic hydroxyl groups is 1. The minimum absolute atomic E-state index is 0.0107. The zero-order valence-electron chi connectivity index (χ0n) is 13.3. The summed E-state index contributed by atoms with van der Waals surface area (Å²) in [6, 6.07) is 0.977. The molecule has 0 aromatic heterocycles. The molecule has 0 amide bonds. The molecule has 2 N–H and O–H groups in total. The molecular weight excluding hydrogens is 240 g/mol. The summed E-state index contributed by atoms with van der Waals surface area (Å²) >= 11 is 0. The molecule has 1 aliphatic heterocycles. The van der Waals surface area contributed by atoms with E-state index in [-0.39, 0.29) is 18.1 Å². The van der Waals surface area contributed by atoms with Gasteiger partial charge in [-0.05, 0) is 25.3 Å². The van der Waals surface area contributed by atoms with Crippen molar-refractivity contribution in [3.8, 4) is 0 Å². The number of rotatable bonds is 6. The first-order chi connectivity index (χ1) is 8.88. The van der Waals surface area contributed by atoms with Gasteiger partial charge in [-0.1, -0.05) is 27.7 Å². The van der Waals surface area contributed by atoms with Crippen LogP contribution in [0.4, 0.5) is 0 Å². The molecule has 4 nitrogen and oxygen atoms in total. The molecule has 0 aromatic rings. The van der Waals surface area contributed by atoms with Gasteiger partial charge in [0.15, 0.2) is 0 Å². The van der Waals surface area contributed by atoms with Crippen molar-refractivity contribution >= 4 is 0 Å². The zero-order chi connectivity index (χ0) is 14.5. The van der Waals surface area contributed by atoms with Crippen molar-refractivity contribution in [2.75, 3.05) is 32.8 Å². The quantitative estimate of drug-likeness (QED) is 0.769. The van der Waals surface area contributed by atoms with E-state index in [1.54, 1.807) is 0 Å². The number of hydrogen-bond acceptors (Lipinski definition) is 4. The minimum atomic E-state index is -0.0107. The second-order valence-corrected chi connectivity index (χ2v) is 6.75. The molecule has 0 bridgehead atoms. The maximum Gasteiger partial charge on any atom is 0.0933 e. The Morgan fingerprint density at radius 1 is 1.42 bits per heavy atom.